The summed E-state index contributed by atoms with van der Waals surface area (Å²) in [5.74, 6) is -0.246. The molecule has 6 heteroatoms. The van der Waals surface area contributed by atoms with Crippen molar-refractivity contribution in [3.8, 4) is 11.1 Å². The fourth-order valence-corrected chi connectivity index (χ4v) is 3.66. The number of hydrogen-bond acceptors (Lipinski definition) is 3. The van der Waals surface area contributed by atoms with E-state index in [2.05, 4.69) is 10.4 Å². The fourth-order valence-electron chi connectivity index (χ4n) is 3.66. The zero-order valence-electron chi connectivity index (χ0n) is 15.5. The van der Waals surface area contributed by atoms with Gasteiger partial charge in [-0.15, -0.1) is 0 Å². The molecule has 144 valence electrons. The molecule has 1 fully saturated rings. The summed E-state index contributed by atoms with van der Waals surface area (Å²) in [5, 5.41) is 17.0. The van der Waals surface area contributed by atoms with Crippen molar-refractivity contribution in [2.75, 3.05) is 0 Å². The van der Waals surface area contributed by atoms with Crippen LogP contribution in [0.1, 0.15) is 34.8 Å². The number of halogens is 1. The van der Waals surface area contributed by atoms with E-state index in [0.29, 0.717) is 18.4 Å². The summed E-state index contributed by atoms with van der Waals surface area (Å²) < 4.78 is 14.8. The van der Waals surface area contributed by atoms with E-state index in [-0.39, 0.29) is 29.8 Å². The van der Waals surface area contributed by atoms with Crippen molar-refractivity contribution in [2.45, 2.75) is 25.0 Å². The van der Waals surface area contributed by atoms with Gasteiger partial charge in [-0.25, -0.2) is 4.39 Å². The molecule has 1 aromatic heterocycles. The summed E-state index contributed by atoms with van der Waals surface area (Å²) in [6.45, 7) is 0. The maximum absolute atomic E-state index is 13.1. The van der Waals surface area contributed by atoms with Gasteiger partial charge >= 0.3 is 0 Å². The Morgan fingerprint density at radius 1 is 1.14 bits per heavy atom. The van der Waals surface area contributed by atoms with Gasteiger partial charge in [0.1, 0.15) is 5.82 Å². The first-order chi connectivity index (χ1) is 13.5. The standard InChI is InChI=1S/C22H22FN3O2/c1-26-13-18(12-24-26)21(17-10-20(27)11-17)25-22(28)16-4-2-14(3-5-16)15-6-8-19(23)9-7-15/h2-9,12-13,17,20-21,27H,10-11H2,1H3,(H,25,28)/t17?,20?,21-/m0/s1. The Labute approximate surface area is 162 Å². The largest absolute Gasteiger partial charge is 0.393 e. The molecule has 0 saturated heterocycles. The van der Waals surface area contributed by atoms with Gasteiger partial charge in [0.25, 0.3) is 5.91 Å². The SMILES string of the molecule is Cn1cc([C@@H](NC(=O)c2ccc(-c3ccc(F)cc3)cc2)C2CC(O)C2)cn1. The number of nitrogens with zero attached hydrogens (tertiary/aromatic N) is 2. The molecule has 4 rings (SSSR count). The number of carbonyl (C=O) groups is 1. The number of aromatic nitrogens is 2. The Morgan fingerprint density at radius 2 is 1.75 bits per heavy atom. The van der Waals surface area contributed by atoms with Crippen LogP contribution in [-0.4, -0.2) is 26.9 Å². The molecule has 0 bridgehead atoms. The molecular weight excluding hydrogens is 357 g/mol. The molecule has 1 amide bonds. The first kappa shape index (κ1) is 18.4. The third-order valence-corrected chi connectivity index (χ3v) is 5.32. The average Bonchev–Trinajstić information content (AvgIpc) is 3.10. The number of hydrogen-bond donors (Lipinski definition) is 2. The van der Waals surface area contributed by atoms with Crippen LogP contribution in [-0.2, 0) is 7.05 Å². The second-order valence-electron chi connectivity index (χ2n) is 7.37. The summed E-state index contributed by atoms with van der Waals surface area (Å²) in [4.78, 5) is 12.8. The lowest BCUT2D eigenvalue weighted by Gasteiger charge is -2.37. The van der Waals surface area contributed by atoms with Crippen LogP contribution in [0.15, 0.2) is 60.9 Å². The molecule has 3 aromatic rings. The lowest BCUT2D eigenvalue weighted by atomic mass is 9.75. The van der Waals surface area contributed by atoms with Gasteiger partial charge in [-0.3, -0.25) is 9.48 Å². The summed E-state index contributed by atoms with van der Waals surface area (Å²) in [6.07, 6.45) is 4.70. The van der Waals surface area contributed by atoms with Crippen molar-refractivity contribution < 1.29 is 14.3 Å². The minimum atomic E-state index is -0.295. The summed E-state index contributed by atoms with van der Waals surface area (Å²) in [6, 6.07) is 13.3. The molecular formula is C22H22FN3O2. The van der Waals surface area contributed by atoms with E-state index in [1.165, 1.54) is 12.1 Å². The van der Waals surface area contributed by atoms with E-state index < -0.39 is 0 Å². The maximum atomic E-state index is 13.1. The molecule has 1 aliphatic carbocycles. The molecule has 1 heterocycles. The smallest absolute Gasteiger partial charge is 0.251 e. The highest BCUT2D eigenvalue weighted by Gasteiger charge is 2.36. The molecule has 2 N–H and O–H groups in total. The van der Waals surface area contributed by atoms with Gasteiger partial charge in [0.15, 0.2) is 0 Å². The minimum absolute atomic E-state index is 0.166. The van der Waals surface area contributed by atoms with Crippen molar-refractivity contribution >= 4 is 5.91 Å². The molecule has 1 aliphatic rings. The molecule has 0 spiro atoms. The van der Waals surface area contributed by atoms with Crippen molar-refractivity contribution in [1.82, 2.24) is 15.1 Å². The van der Waals surface area contributed by atoms with Crippen LogP contribution in [0.4, 0.5) is 4.39 Å². The average molecular weight is 379 g/mol. The Hall–Kier alpha value is -2.99. The molecule has 0 unspecified atom stereocenters. The number of amides is 1. The maximum Gasteiger partial charge on any atom is 0.251 e. The van der Waals surface area contributed by atoms with Crippen LogP contribution in [0.25, 0.3) is 11.1 Å². The second-order valence-corrected chi connectivity index (χ2v) is 7.37. The number of aliphatic hydroxyl groups is 1. The van der Waals surface area contributed by atoms with E-state index in [1.807, 2.05) is 25.4 Å². The molecule has 1 atom stereocenters. The van der Waals surface area contributed by atoms with Crippen LogP contribution in [0.5, 0.6) is 0 Å². The van der Waals surface area contributed by atoms with E-state index in [4.69, 9.17) is 0 Å². The predicted octanol–water partition coefficient (Wildman–Crippen LogP) is 3.47. The number of aryl methyl sites for hydroxylation is 1. The predicted molar refractivity (Wildman–Crippen MR) is 104 cm³/mol. The molecule has 0 radical (unpaired) electrons. The molecule has 5 nitrogen and oxygen atoms in total. The number of rotatable bonds is 5. The summed E-state index contributed by atoms with van der Waals surface area (Å²) >= 11 is 0. The van der Waals surface area contributed by atoms with Crippen molar-refractivity contribution in [3.05, 3.63) is 77.9 Å². The van der Waals surface area contributed by atoms with Gasteiger partial charge in [-0.1, -0.05) is 24.3 Å². The highest BCUT2D eigenvalue weighted by atomic mass is 19.1. The fraction of sp³-hybridized carbons (Fsp3) is 0.273. The normalized spacial score (nSPS) is 19.7. The van der Waals surface area contributed by atoms with Gasteiger partial charge < -0.3 is 10.4 Å². The zero-order valence-corrected chi connectivity index (χ0v) is 15.5. The quantitative estimate of drug-likeness (QED) is 0.713. The Balaban J connectivity index is 1.50. The molecule has 0 aliphatic heterocycles. The summed E-state index contributed by atoms with van der Waals surface area (Å²) in [5.41, 5.74) is 3.31. The molecule has 1 saturated carbocycles. The highest BCUT2D eigenvalue weighted by molar-refractivity contribution is 5.95. The first-order valence-electron chi connectivity index (χ1n) is 9.33. The van der Waals surface area contributed by atoms with Crippen LogP contribution >= 0.6 is 0 Å². The van der Waals surface area contributed by atoms with Gasteiger partial charge in [0, 0.05) is 24.4 Å². The topological polar surface area (TPSA) is 67.2 Å². The van der Waals surface area contributed by atoms with E-state index in [0.717, 1.165) is 16.7 Å². The Kier molecular flexibility index (Phi) is 4.96. The van der Waals surface area contributed by atoms with E-state index in [9.17, 15) is 14.3 Å². The minimum Gasteiger partial charge on any atom is -0.393 e. The monoisotopic (exact) mass is 379 g/mol. The van der Waals surface area contributed by atoms with Crippen LogP contribution in [0.2, 0.25) is 0 Å². The van der Waals surface area contributed by atoms with Crippen molar-refractivity contribution in [1.29, 1.82) is 0 Å². The zero-order chi connectivity index (χ0) is 19.7. The van der Waals surface area contributed by atoms with Crippen molar-refractivity contribution in [3.63, 3.8) is 0 Å². The summed E-state index contributed by atoms with van der Waals surface area (Å²) in [7, 11) is 1.84. The first-order valence-corrected chi connectivity index (χ1v) is 9.33. The van der Waals surface area contributed by atoms with Gasteiger partial charge in [0.2, 0.25) is 0 Å². The Bertz CT molecular complexity index is 960. The van der Waals surface area contributed by atoms with E-state index in [1.54, 1.807) is 35.1 Å². The van der Waals surface area contributed by atoms with E-state index >= 15 is 0 Å². The van der Waals surface area contributed by atoms with Crippen molar-refractivity contribution in [2.24, 2.45) is 13.0 Å². The van der Waals surface area contributed by atoms with Gasteiger partial charge in [-0.2, -0.15) is 5.10 Å². The Morgan fingerprint density at radius 3 is 2.29 bits per heavy atom. The molecule has 2 aromatic carbocycles. The lowest BCUT2D eigenvalue weighted by Crippen LogP contribution is -2.41. The number of carbonyl (C=O) groups excluding carboxylic acids is 1. The third-order valence-electron chi connectivity index (χ3n) is 5.32. The number of benzene rings is 2. The second kappa shape index (κ2) is 7.56. The highest BCUT2D eigenvalue weighted by Crippen LogP contribution is 2.38. The van der Waals surface area contributed by atoms with Crippen LogP contribution in [0, 0.1) is 11.7 Å². The van der Waals surface area contributed by atoms with Crippen LogP contribution in [0.3, 0.4) is 0 Å². The van der Waals surface area contributed by atoms with Gasteiger partial charge in [-0.05, 0) is 54.2 Å². The van der Waals surface area contributed by atoms with Gasteiger partial charge in [0.05, 0.1) is 18.3 Å². The third kappa shape index (κ3) is 3.82. The van der Waals surface area contributed by atoms with Crippen LogP contribution < -0.4 is 5.32 Å². The molecule has 28 heavy (non-hydrogen) atoms. The number of aliphatic hydroxyl groups excluding tert-OH is 1. The lowest BCUT2D eigenvalue weighted by molar-refractivity contribution is 0.0235. The number of nitrogens with one attached hydrogen (secondary N) is 1.